The molecule has 6 heteroatoms. The molecule has 2 aromatic carbocycles. The number of nitrogens with one attached hydrogen (secondary N) is 1. The molecule has 0 aliphatic heterocycles. The van der Waals surface area contributed by atoms with Gasteiger partial charge in [-0.05, 0) is 29.3 Å². The molecule has 3 rings (SSSR count). The topological polar surface area (TPSA) is 76.1 Å². The molecule has 2 amide bonds. The molecule has 0 bridgehead atoms. The number of aromatic nitrogens is 1. The fourth-order valence-electron chi connectivity index (χ4n) is 2.51. The molecule has 1 aromatic heterocycles. The summed E-state index contributed by atoms with van der Waals surface area (Å²) in [5.41, 5.74) is 8.54. The van der Waals surface area contributed by atoms with E-state index in [2.05, 4.69) is 5.32 Å². The standard InChI is InChI=1S/C20H17N3O2.ClH/c21-20(25)17-7-4-12-23(13-17)14-19(24)22-18-10-8-16(9-11-18)15-5-2-1-3-6-15;/h1-13H,14H2,(H2-,21,22,24,25);1H. The summed E-state index contributed by atoms with van der Waals surface area (Å²) in [7, 11) is 0. The van der Waals surface area contributed by atoms with Crippen LogP contribution in [0, 0.1) is 0 Å². The molecule has 3 aromatic rings. The number of carbonyl (C=O) groups excluding carboxylic acids is 2. The van der Waals surface area contributed by atoms with Crippen molar-refractivity contribution in [1.29, 1.82) is 0 Å². The van der Waals surface area contributed by atoms with Crippen molar-refractivity contribution in [3.8, 4) is 11.1 Å². The van der Waals surface area contributed by atoms with Gasteiger partial charge in [-0.1, -0.05) is 42.5 Å². The van der Waals surface area contributed by atoms with Crippen LogP contribution in [-0.2, 0) is 11.3 Å². The number of anilines is 1. The molecule has 0 unspecified atom stereocenters. The van der Waals surface area contributed by atoms with Gasteiger partial charge in [0.2, 0.25) is 6.54 Å². The number of halogens is 1. The Kier molecular flexibility index (Phi) is 6.47. The quantitative estimate of drug-likeness (QED) is 0.590. The van der Waals surface area contributed by atoms with E-state index in [0.29, 0.717) is 5.56 Å². The summed E-state index contributed by atoms with van der Waals surface area (Å²) in [6.45, 7) is 0.0988. The third-order valence-electron chi connectivity index (χ3n) is 3.74. The minimum Gasteiger partial charge on any atom is -1.00 e. The molecule has 0 radical (unpaired) electrons. The third kappa shape index (κ3) is 4.91. The molecule has 0 aliphatic rings. The van der Waals surface area contributed by atoms with E-state index in [9.17, 15) is 9.59 Å². The van der Waals surface area contributed by atoms with Crippen LogP contribution >= 0.6 is 0 Å². The first-order valence-corrected chi connectivity index (χ1v) is 7.86. The van der Waals surface area contributed by atoms with Crippen LogP contribution in [-0.4, -0.2) is 11.8 Å². The Morgan fingerprint density at radius 1 is 0.885 bits per heavy atom. The van der Waals surface area contributed by atoms with Gasteiger partial charge >= 0.3 is 0 Å². The summed E-state index contributed by atoms with van der Waals surface area (Å²) >= 11 is 0. The van der Waals surface area contributed by atoms with Crippen LogP contribution in [0.5, 0.6) is 0 Å². The van der Waals surface area contributed by atoms with E-state index in [1.807, 2.05) is 54.6 Å². The van der Waals surface area contributed by atoms with Crippen LogP contribution in [0.25, 0.3) is 11.1 Å². The zero-order chi connectivity index (χ0) is 17.6. The van der Waals surface area contributed by atoms with Gasteiger partial charge in [0.1, 0.15) is 5.56 Å². The first-order chi connectivity index (χ1) is 12.1. The maximum atomic E-state index is 12.2. The lowest BCUT2D eigenvalue weighted by molar-refractivity contribution is -0.684. The number of nitrogens with zero attached hydrogens (tertiary/aromatic N) is 1. The van der Waals surface area contributed by atoms with Crippen LogP contribution in [0.3, 0.4) is 0 Å². The van der Waals surface area contributed by atoms with Crippen LogP contribution in [0.15, 0.2) is 79.1 Å². The van der Waals surface area contributed by atoms with Crippen molar-refractivity contribution in [3.05, 3.63) is 84.7 Å². The molecule has 0 spiro atoms. The number of carbonyl (C=O) groups is 2. The molecule has 5 nitrogen and oxygen atoms in total. The summed E-state index contributed by atoms with van der Waals surface area (Å²) in [5.74, 6) is -0.703. The number of rotatable bonds is 5. The smallest absolute Gasteiger partial charge is 0.290 e. The molecular formula is C20H18ClN3O2. The van der Waals surface area contributed by atoms with E-state index >= 15 is 0 Å². The molecule has 0 aliphatic carbocycles. The third-order valence-corrected chi connectivity index (χ3v) is 3.74. The predicted molar refractivity (Wildman–Crippen MR) is 95.7 cm³/mol. The van der Waals surface area contributed by atoms with Crippen molar-refractivity contribution in [1.82, 2.24) is 0 Å². The average molecular weight is 368 g/mol. The van der Waals surface area contributed by atoms with Gasteiger partial charge in [-0.2, -0.15) is 4.57 Å². The number of hydrogen-bond acceptors (Lipinski definition) is 2. The zero-order valence-corrected chi connectivity index (χ0v) is 14.7. The Labute approximate surface area is 157 Å². The first-order valence-electron chi connectivity index (χ1n) is 7.86. The SMILES string of the molecule is NC(=O)c1ccc[n+](CC(=O)Nc2ccc(-c3ccccc3)cc2)c1.[Cl-]. The number of nitrogens with two attached hydrogens (primary N) is 1. The van der Waals surface area contributed by atoms with Crippen molar-refractivity contribution < 1.29 is 26.6 Å². The molecule has 3 N–H and O–H groups in total. The number of pyridine rings is 1. The highest BCUT2D eigenvalue weighted by atomic mass is 35.5. The minimum atomic E-state index is -0.522. The second-order valence-corrected chi connectivity index (χ2v) is 5.62. The Morgan fingerprint density at radius 3 is 2.19 bits per heavy atom. The Balaban J connectivity index is 0.00000243. The van der Waals surface area contributed by atoms with E-state index < -0.39 is 5.91 Å². The van der Waals surface area contributed by atoms with Crippen molar-refractivity contribution >= 4 is 17.5 Å². The number of amides is 2. The number of primary amides is 1. The average Bonchev–Trinajstić information content (AvgIpc) is 2.63. The molecule has 0 saturated heterocycles. The molecule has 1 heterocycles. The fourth-order valence-corrected chi connectivity index (χ4v) is 2.51. The lowest BCUT2D eigenvalue weighted by Crippen LogP contribution is -3.00. The number of hydrogen-bond donors (Lipinski definition) is 2. The van der Waals surface area contributed by atoms with E-state index in [1.54, 1.807) is 29.1 Å². The summed E-state index contributed by atoms with van der Waals surface area (Å²) < 4.78 is 1.62. The molecular weight excluding hydrogens is 350 g/mol. The van der Waals surface area contributed by atoms with Gasteiger partial charge < -0.3 is 23.5 Å². The summed E-state index contributed by atoms with van der Waals surface area (Å²) in [5, 5.41) is 2.84. The highest BCUT2D eigenvalue weighted by molar-refractivity contribution is 5.92. The first kappa shape index (κ1) is 19.1. The van der Waals surface area contributed by atoms with Crippen molar-refractivity contribution in [3.63, 3.8) is 0 Å². The molecule has 26 heavy (non-hydrogen) atoms. The highest BCUT2D eigenvalue weighted by Crippen LogP contribution is 2.20. The van der Waals surface area contributed by atoms with Crippen molar-refractivity contribution in [2.24, 2.45) is 5.73 Å². The van der Waals surface area contributed by atoms with Gasteiger partial charge in [-0.3, -0.25) is 9.59 Å². The molecule has 0 atom stereocenters. The zero-order valence-electron chi connectivity index (χ0n) is 13.9. The Hall–Kier alpha value is -3.18. The van der Waals surface area contributed by atoms with E-state index in [0.717, 1.165) is 16.8 Å². The van der Waals surface area contributed by atoms with Crippen LogP contribution in [0.1, 0.15) is 10.4 Å². The maximum absolute atomic E-state index is 12.2. The molecule has 0 fully saturated rings. The molecule has 0 saturated carbocycles. The Morgan fingerprint density at radius 2 is 1.54 bits per heavy atom. The monoisotopic (exact) mass is 367 g/mol. The van der Waals surface area contributed by atoms with E-state index in [1.165, 1.54) is 0 Å². The summed E-state index contributed by atoms with van der Waals surface area (Å²) in [6, 6.07) is 21.0. The number of benzene rings is 2. The van der Waals surface area contributed by atoms with Crippen LogP contribution in [0.2, 0.25) is 0 Å². The van der Waals surface area contributed by atoms with E-state index in [4.69, 9.17) is 5.73 Å². The van der Waals surface area contributed by atoms with Crippen molar-refractivity contribution in [2.45, 2.75) is 6.54 Å². The lowest BCUT2D eigenvalue weighted by atomic mass is 10.1. The van der Waals surface area contributed by atoms with Gasteiger partial charge in [-0.15, -0.1) is 0 Å². The largest absolute Gasteiger partial charge is 1.00 e. The normalized spacial score (nSPS) is 9.85. The summed E-state index contributed by atoms with van der Waals surface area (Å²) in [4.78, 5) is 23.4. The van der Waals surface area contributed by atoms with Crippen molar-refractivity contribution in [2.75, 3.05) is 5.32 Å². The molecule has 132 valence electrons. The summed E-state index contributed by atoms with van der Waals surface area (Å²) in [6.07, 6.45) is 3.27. The van der Waals surface area contributed by atoms with Gasteiger partial charge in [-0.25, -0.2) is 0 Å². The second kappa shape index (κ2) is 8.78. The van der Waals surface area contributed by atoms with Gasteiger partial charge in [0.05, 0.1) is 0 Å². The lowest BCUT2D eigenvalue weighted by Gasteiger charge is -2.06. The van der Waals surface area contributed by atoms with Gasteiger partial charge in [0.25, 0.3) is 11.8 Å². The maximum Gasteiger partial charge on any atom is 0.290 e. The van der Waals surface area contributed by atoms with Crippen LogP contribution < -0.4 is 28.0 Å². The fraction of sp³-hybridized carbons (Fsp3) is 0.0500. The highest BCUT2D eigenvalue weighted by Gasteiger charge is 2.12. The predicted octanol–water partition coefficient (Wildman–Crippen LogP) is -0.617. The minimum absolute atomic E-state index is 0. The second-order valence-electron chi connectivity index (χ2n) is 5.62. The van der Waals surface area contributed by atoms with E-state index in [-0.39, 0.29) is 24.9 Å². The van der Waals surface area contributed by atoms with Gasteiger partial charge in [0, 0.05) is 11.8 Å². The Bertz CT molecular complexity index is 896. The van der Waals surface area contributed by atoms with Gasteiger partial charge in [0.15, 0.2) is 12.4 Å². The van der Waals surface area contributed by atoms with Crippen LogP contribution in [0.4, 0.5) is 5.69 Å².